The third kappa shape index (κ3) is 5.48. The number of nitrogens with zero attached hydrogens (tertiary/aromatic N) is 4. The molecular weight excluding hydrogens is 447 g/mol. The van der Waals surface area contributed by atoms with E-state index in [0.29, 0.717) is 42.7 Å². The Bertz CT molecular complexity index is 1030. The fourth-order valence-electron chi connectivity index (χ4n) is 3.81. The summed E-state index contributed by atoms with van der Waals surface area (Å²) in [5, 5.41) is 6.40. The Kier molecular flexibility index (Phi) is 6.87. The lowest BCUT2D eigenvalue weighted by Crippen LogP contribution is -2.50. The molecule has 9 nitrogen and oxygen atoms in total. The van der Waals surface area contributed by atoms with Gasteiger partial charge in [0.2, 0.25) is 5.91 Å². The molecule has 2 aliphatic heterocycles. The lowest BCUT2D eigenvalue weighted by molar-refractivity contribution is -0.119. The molecular formula is C22H25FN6O3S. The number of amides is 2. The number of piperazine rings is 1. The van der Waals surface area contributed by atoms with E-state index >= 15 is 0 Å². The van der Waals surface area contributed by atoms with Crippen molar-refractivity contribution < 1.29 is 18.7 Å². The molecule has 1 aromatic heterocycles. The maximum atomic E-state index is 15.0. The van der Waals surface area contributed by atoms with Gasteiger partial charge in [-0.15, -0.1) is 0 Å². The molecule has 0 radical (unpaired) electrons. The largest absolute Gasteiger partial charge is 0.442 e. The van der Waals surface area contributed by atoms with E-state index in [1.807, 2.05) is 21.9 Å². The van der Waals surface area contributed by atoms with Crippen LogP contribution in [0.2, 0.25) is 0 Å². The van der Waals surface area contributed by atoms with Gasteiger partial charge < -0.3 is 25.2 Å². The lowest BCUT2D eigenvalue weighted by atomic mass is 10.2. The van der Waals surface area contributed by atoms with Crippen LogP contribution in [0, 0.1) is 5.82 Å². The van der Waals surface area contributed by atoms with Crippen molar-refractivity contribution in [3.8, 4) is 0 Å². The summed E-state index contributed by atoms with van der Waals surface area (Å²) in [6, 6.07) is 8.46. The van der Waals surface area contributed by atoms with Crippen LogP contribution in [-0.2, 0) is 9.53 Å². The lowest BCUT2D eigenvalue weighted by Gasteiger charge is -2.37. The average molecular weight is 473 g/mol. The SMILES string of the molecule is CC(=O)NC[C@H]1CN(c2ccc(N3CCN(C(=S)Nc4cccnc4)CC3)c(F)c2)C(=O)O1. The fraction of sp³-hybridized carbons (Fsp3) is 0.364. The van der Waals surface area contributed by atoms with Crippen molar-refractivity contribution in [2.45, 2.75) is 13.0 Å². The zero-order valence-corrected chi connectivity index (χ0v) is 19.0. The van der Waals surface area contributed by atoms with Gasteiger partial charge in [0, 0.05) is 39.3 Å². The molecule has 0 spiro atoms. The van der Waals surface area contributed by atoms with Crippen molar-refractivity contribution in [2.75, 3.05) is 54.4 Å². The summed E-state index contributed by atoms with van der Waals surface area (Å²) in [4.78, 5) is 32.7. The number of hydrogen-bond acceptors (Lipinski definition) is 6. The van der Waals surface area contributed by atoms with E-state index in [1.165, 1.54) is 17.9 Å². The molecule has 2 amide bonds. The number of rotatable bonds is 5. The Balaban J connectivity index is 1.34. The molecule has 174 valence electrons. The van der Waals surface area contributed by atoms with Gasteiger partial charge in [0.15, 0.2) is 5.11 Å². The molecule has 1 aromatic carbocycles. The molecule has 2 N–H and O–H groups in total. The molecule has 2 fully saturated rings. The van der Waals surface area contributed by atoms with E-state index < -0.39 is 18.0 Å². The van der Waals surface area contributed by atoms with Gasteiger partial charge in [-0.25, -0.2) is 9.18 Å². The topological polar surface area (TPSA) is 90.0 Å². The first-order valence-electron chi connectivity index (χ1n) is 10.6. The maximum Gasteiger partial charge on any atom is 0.414 e. The first-order chi connectivity index (χ1) is 15.9. The smallest absolute Gasteiger partial charge is 0.414 e. The second-order valence-corrected chi connectivity index (χ2v) is 8.22. The number of thiocarbonyl (C=S) groups is 1. The van der Waals surface area contributed by atoms with Gasteiger partial charge in [-0.3, -0.25) is 14.7 Å². The minimum Gasteiger partial charge on any atom is -0.442 e. The van der Waals surface area contributed by atoms with Crippen LogP contribution in [0.1, 0.15) is 6.92 Å². The fourth-order valence-corrected chi connectivity index (χ4v) is 4.11. The summed E-state index contributed by atoms with van der Waals surface area (Å²) in [5.74, 6) is -0.608. The summed E-state index contributed by atoms with van der Waals surface area (Å²) in [7, 11) is 0. The highest BCUT2D eigenvalue weighted by Gasteiger charge is 2.33. The molecule has 3 heterocycles. The van der Waals surface area contributed by atoms with Crippen LogP contribution in [0.15, 0.2) is 42.7 Å². The van der Waals surface area contributed by atoms with Crippen molar-refractivity contribution in [2.24, 2.45) is 0 Å². The standard InChI is InChI=1S/C22H25FN6O3S/c1-15(30)25-13-18-14-29(22(31)32-18)17-4-5-20(19(23)11-17)27-7-9-28(10-8-27)21(33)26-16-3-2-6-24-12-16/h2-6,11-12,18H,7-10,13-14H2,1H3,(H,25,30)(H,26,33)/t18-/m0/s1. The zero-order valence-electron chi connectivity index (χ0n) is 18.2. The van der Waals surface area contributed by atoms with E-state index in [2.05, 4.69) is 15.6 Å². The molecule has 4 rings (SSSR count). The van der Waals surface area contributed by atoms with Crippen LogP contribution in [0.5, 0.6) is 0 Å². The highest BCUT2D eigenvalue weighted by Crippen LogP contribution is 2.28. The highest BCUT2D eigenvalue weighted by atomic mass is 32.1. The van der Waals surface area contributed by atoms with E-state index in [9.17, 15) is 14.0 Å². The number of carbonyl (C=O) groups excluding carboxylic acids is 2. The van der Waals surface area contributed by atoms with Gasteiger partial charge in [-0.1, -0.05) is 0 Å². The second kappa shape index (κ2) is 9.99. The number of cyclic esters (lactones) is 1. The van der Waals surface area contributed by atoms with E-state index in [-0.39, 0.29) is 19.0 Å². The van der Waals surface area contributed by atoms with Crippen LogP contribution < -0.4 is 20.4 Å². The van der Waals surface area contributed by atoms with Crippen molar-refractivity contribution >= 4 is 46.4 Å². The van der Waals surface area contributed by atoms with E-state index in [0.717, 1.165) is 5.69 Å². The molecule has 0 unspecified atom stereocenters. The van der Waals surface area contributed by atoms with Crippen LogP contribution in [0.25, 0.3) is 0 Å². The number of carbonyl (C=O) groups is 2. The Hall–Kier alpha value is -3.47. The summed E-state index contributed by atoms with van der Waals surface area (Å²) in [6.07, 6.45) is 2.38. The van der Waals surface area contributed by atoms with Crippen LogP contribution in [0.4, 0.5) is 26.2 Å². The quantitative estimate of drug-likeness (QED) is 0.641. The number of ether oxygens (including phenoxy) is 1. The Labute approximate surface area is 196 Å². The van der Waals surface area contributed by atoms with Crippen molar-refractivity contribution in [1.29, 1.82) is 0 Å². The first-order valence-corrected chi connectivity index (χ1v) is 11.0. The molecule has 0 aliphatic carbocycles. The van der Waals surface area contributed by atoms with Crippen LogP contribution in [0.3, 0.4) is 0 Å². The van der Waals surface area contributed by atoms with Crippen LogP contribution >= 0.6 is 12.2 Å². The number of benzene rings is 1. The zero-order chi connectivity index (χ0) is 23.4. The molecule has 1 atom stereocenters. The number of anilines is 3. The summed E-state index contributed by atoms with van der Waals surface area (Å²) in [5.41, 5.74) is 1.73. The minimum atomic E-state index is -0.555. The number of nitrogens with one attached hydrogen (secondary N) is 2. The Morgan fingerprint density at radius 2 is 2.06 bits per heavy atom. The monoisotopic (exact) mass is 472 g/mol. The van der Waals surface area contributed by atoms with Gasteiger partial charge in [0.05, 0.1) is 36.3 Å². The molecule has 2 aliphatic rings. The van der Waals surface area contributed by atoms with Gasteiger partial charge >= 0.3 is 6.09 Å². The molecule has 0 bridgehead atoms. The van der Waals surface area contributed by atoms with E-state index in [1.54, 1.807) is 24.5 Å². The Morgan fingerprint density at radius 1 is 1.27 bits per heavy atom. The third-order valence-electron chi connectivity index (χ3n) is 5.52. The highest BCUT2D eigenvalue weighted by molar-refractivity contribution is 7.80. The first kappa shape index (κ1) is 22.7. The number of pyridine rings is 1. The normalized spacial score (nSPS) is 18.2. The number of hydrogen-bond donors (Lipinski definition) is 2. The molecule has 11 heteroatoms. The summed E-state index contributed by atoms with van der Waals surface area (Å²) in [6.45, 7) is 4.38. The Morgan fingerprint density at radius 3 is 2.73 bits per heavy atom. The molecule has 0 saturated carbocycles. The second-order valence-electron chi connectivity index (χ2n) is 7.84. The minimum absolute atomic E-state index is 0.200. The van der Waals surface area contributed by atoms with Crippen molar-refractivity contribution in [1.82, 2.24) is 15.2 Å². The van der Waals surface area contributed by atoms with Gasteiger partial charge in [-0.2, -0.15) is 0 Å². The van der Waals surface area contributed by atoms with E-state index in [4.69, 9.17) is 17.0 Å². The van der Waals surface area contributed by atoms with Gasteiger partial charge in [0.25, 0.3) is 0 Å². The summed E-state index contributed by atoms with van der Waals surface area (Å²) < 4.78 is 20.2. The van der Waals surface area contributed by atoms with Gasteiger partial charge in [-0.05, 0) is 42.5 Å². The predicted octanol–water partition coefficient (Wildman–Crippen LogP) is 2.20. The van der Waals surface area contributed by atoms with Crippen molar-refractivity contribution in [3.63, 3.8) is 0 Å². The van der Waals surface area contributed by atoms with Crippen molar-refractivity contribution in [3.05, 3.63) is 48.5 Å². The van der Waals surface area contributed by atoms with Gasteiger partial charge in [0.1, 0.15) is 11.9 Å². The third-order valence-corrected chi connectivity index (χ3v) is 5.88. The molecule has 2 saturated heterocycles. The maximum absolute atomic E-state index is 15.0. The van der Waals surface area contributed by atoms with Crippen LogP contribution in [-0.4, -0.2) is 72.4 Å². The molecule has 33 heavy (non-hydrogen) atoms. The number of aromatic nitrogens is 1. The molecule has 2 aromatic rings. The number of halogens is 1. The average Bonchev–Trinajstić information content (AvgIpc) is 3.19. The summed E-state index contributed by atoms with van der Waals surface area (Å²) >= 11 is 5.49. The predicted molar refractivity (Wildman–Crippen MR) is 127 cm³/mol.